The Morgan fingerprint density at radius 3 is 1.44 bits per heavy atom. The van der Waals surface area contributed by atoms with E-state index in [1.54, 1.807) is 18.2 Å². The van der Waals surface area contributed by atoms with Gasteiger partial charge < -0.3 is 18.6 Å². The number of ether oxygens (including phenoxy) is 2. The summed E-state index contributed by atoms with van der Waals surface area (Å²) < 4.78 is 15.7. The normalized spacial score (nSPS) is 11.2. The van der Waals surface area contributed by atoms with E-state index in [2.05, 4.69) is 21.5 Å². The highest BCUT2D eigenvalue weighted by atomic mass is 16.5. The third kappa shape index (κ3) is 8.92. The summed E-state index contributed by atoms with van der Waals surface area (Å²) in [5.41, 5.74) is 11.9. The summed E-state index contributed by atoms with van der Waals surface area (Å²) in [4.78, 5) is 46.2. The molecule has 0 aliphatic carbocycles. The van der Waals surface area contributed by atoms with Crippen molar-refractivity contribution in [3.63, 3.8) is 0 Å². The average Bonchev–Trinajstić information content (AvgIpc) is 4.14. The predicted molar refractivity (Wildman–Crippen MR) is 312 cm³/mol. The van der Waals surface area contributed by atoms with Crippen LogP contribution in [0, 0.1) is 17.9 Å². The number of carbonyl (C=O) groups excluding carboxylic acids is 2. The Morgan fingerprint density at radius 2 is 0.887 bits per heavy atom. The van der Waals surface area contributed by atoms with Gasteiger partial charge in [0.2, 0.25) is 0 Å². The van der Waals surface area contributed by atoms with Crippen LogP contribution in [-0.4, -0.2) is 36.0 Å². The highest BCUT2D eigenvalue weighted by molar-refractivity contribution is 6.13. The molecule has 0 aliphatic rings. The smallest absolute Gasteiger partial charge is 0.338 e. The van der Waals surface area contributed by atoms with Crippen molar-refractivity contribution in [2.45, 2.75) is 13.2 Å². The number of benzene rings is 10. The number of nitriles is 1. The number of rotatable bonds is 12. The Hall–Kier alpha value is -11.3. The van der Waals surface area contributed by atoms with E-state index >= 15 is 0 Å². The number of para-hydroxylation sites is 3. The minimum absolute atomic E-state index is 0.154. The van der Waals surface area contributed by atoms with Crippen LogP contribution < -0.4 is 0 Å². The van der Waals surface area contributed by atoms with Gasteiger partial charge in [0.25, 0.3) is 0 Å². The van der Waals surface area contributed by atoms with Gasteiger partial charge in [-0.25, -0.2) is 29.4 Å². The molecule has 0 amide bonds. The van der Waals surface area contributed by atoms with Crippen molar-refractivity contribution in [2.75, 3.05) is 0 Å². The first-order valence-corrected chi connectivity index (χ1v) is 25.9. The molecule has 0 fully saturated rings. The number of fused-ring (bicyclic) bond motifs is 6. The topological polar surface area (TPSA) is 129 Å². The zero-order valence-corrected chi connectivity index (χ0v) is 42.7. The van der Waals surface area contributed by atoms with E-state index in [-0.39, 0.29) is 13.2 Å². The molecule has 0 aliphatic heterocycles. The van der Waals surface area contributed by atoms with E-state index in [0.29, 0.717) is 62.2 Å². The van der Waals surface area contributed by atoms with Crippen LogP contribution in [0.25, 0.3) is 105 Å². The van der Waals surface area contributed by atoms with Crippen molar-refractivity contribution in [1.29, 1.82) is 5.26 Å². The van der Waals surface area contributed by atoms with Crippen LogP contribution >= 0.6 is 0 Å². The van der Waals surface area contributed by atoms with Crippen molar-refractivity contribution in [1.82, 2.24) is 24.1 Å². The molecule has 0 N–H and O–H groups in total. The van der Waals surface area contributed by atoms with Gasteiger partial charge in [-0.1, -0.05) is 152 Å². The number of nitrogens with zero attached hydrogens (tertiary/aromatic N) is 7. The highest BCUT2D eigenvalue weighted by Crippen LogP contribution is 2.42. The molecule has 3 aromatic heterocycles. The fraction of sp³-hybridized carbons (Fsp3) is 0.0290. The lowest BCUT2D eigenvalue weighted by atomic mass is 9.98. The van der Waals surface area contributed by atoms with Crippen LogP contribution in [0.3, 0.4) is 0 Å². The van der Waals surface area contributed by atoms with Gasteiger partial charge in [0.15, 0.2) is 23.2 Å². The Morgan fingerprint density at radius 1 is 0.438 bits per heavy atom. The molecule has 10 aromatic carbocycles. The lowest BCUT2D eigenvalue weighted by Crippen LogP contribution is -2.05. The van der Waals surface area contributed by atoms with Crippen LogP contribution in [0.15, 0.2) is 237 Å². The maximum Gasteiger partial charge on any atom is 0.338 e. The lowest BCUT2D eigenvalue weighted by Gasteiger charge is -2.17. The third-order valence-corrected chi connectivity index (χ3v) is 14.3. The molecule has 0 bridgehead atoms. The molecule has 0 atom stereocenters. The molecule has 0 unspecified atom stereocenters. The van der Waals surface area contributed by atoms with E-state index < -0.39 is 11.9 Å². The van der Waals surface area contributed by atoms with Crippen molar-refractivity contribution in [3.05, 3.63) is 276 Å². The maximum absolute atomic E-state index is 13.5. The monoisotopic (exact) mass is 1030 g/mol. The molecule has 13 aromatic rings. The minimum atomic E-state index is -0.431. The van der Waals surface area contributed by atoms with E-state index in [0.717, 1.165) is 71.6 Å². The van der Waals surface area contributed by atoms with Crippen molar-refractivity contribution >= 4 is 61.2 Å². The first kappa shape index (κ1) is 48.4. The quantitative estimate of drug-likeness (QED) is 0.0874. The fourth-order valence-corrected chi connectivity index (χ4v) is 10.5. The van der Waals surface area contributed by atoms with Crippen LogP contribution in [0.5, 0.6) is 0 Å². The summed E-state index contributed by atoms with van der Waals surface area (Å²) in [5.74, 6) is 0.311. The van der Waals surface area contributed by atoms with Gasteiger partial charge in [-0.05, 0) is 107 Å². The van der Waals surface area contributed by atoms with Gasteiger partial charge in [0.05, 0.1) is 56.7 Å². The molecule has 0 saturated heterocycles. The number of aromatic nitrogens is 5. The van der Waals surface area contributed by atoms with Gasteiger partial charge in [-0.15, -0.1) is 0 Å². The number of carbonyl (C=O) groups is 2. The van der Waals surface area contributed by atoms with Gasteiger partial charge in [0.1, 0.15) is 19.3 Å². The molecule has 11 nitrogen and oxygen atoms in total. The van der Waals surface area contributed by atoms with Crippen molar-refractivity contribution < 1.29 is 19.1 Å². The summed E-state index contributed by atoms with van der Waals surface area (Å²) in [6, 6.07) is 77.6. The second-order valence-electron chi connectivity index (χ2n) is 19.2. The SMILES string of the molecule is [C-]#[N+]c1ccccc1-c1cc(-c2nc(-c3ccccc3)nc(-c3ccc(-n4c5ccccc5c5cc(C(=O)OCc6ccccc6)ccc54)c(C#N)c3)n2)ccc1-n1c2ccccc2c2cc(C(=O)OCc3ccccc3)ccc21. The highest BCUT2D eigenvalue weighted by Gasteiger charge is 2.23. The largest absolute Gasteiger partial charge is 0.457 e. The molecule has 3 heterocycles. The van der Waals surface area contributed by atoms with Gasteiger partial charge in [0, 0.05) is 38.2 Å². The Balaban J connectivity index is 0.919. The zero-order valence-electron chi connectivity index (χ0n) is 42.7. The maximum atomic E-state index is 13.5. The summed E-state index contributed by atoms with van der Waals surface area (Å²) >= 11 is 0. The summed E-state index contributed by atoms with van der Waals surface area (Å²) in [7, 11) is 0. The fourth-order valence-electron chi connectivity index (χ4n) is 10.5. The molecule has 0 saturated carbocycles. The van der Waals surface area contributed by atoms with E-state index in [9.17, 15) is 14.9 Å². The number of hydrogen-bond acceptors (Lipinski definition) is 8. The Bertz CT molecular complexity index is 4670. The molecule has 0 spiro atoms. The molecule has 80 heavy (non-hydrogen) atoms. The molecule has 0 radical (unpaired) electrons. The summed E-state index contributed by atoms with van der Waals surface area (Å²) in [6.45, 7) is 8.60. The molecule has 13 rings (SSSR count). The molecular formula is C69H43N7O4. The number of esters is 2. The second-order valence-corrected chi connectivity index (χ2v) is 19.2. The van der Waals surface area contributed by atoms with Crippen LogP contribution in [-0.2, 0) is 22.7 Å². The average molecular weight is 1030 g/mol. The third-order valence-electron chi connectivity index (χ3n) is 14.3. The minimum Gasteiger partial charge on any atom is -0.457 e. The Kier molecular flexibility index (Phi) is 12.5. The first-order valence-electron chi connectivity index (χ1n) is 25.9. The second kappa shape index (κ2) is 20.7. The number of hydrogen-bond donors (Lipinski definition) is 0. The predicted octanol–water partition coefficient (Wildman–Crippen LogP) is 15.9. The van der Waals surface area contributed by atoms with Crippen molar-refractivity contribution in [2.24, 2.45) is 0 Å². The standard InChI is InChI=1S/C69H43N7O4/c1-71-58-26-14-11-23-52(58)55-38-48(30-34-62(55)76-61-28-16-13-25-54(61)57-40-50(32-36-64(57)76)69(78)80-43-45-19-7-3-8-20-45)67-73-65(46-21-9-4-10-22-46)72-66(74-67)47-29-33-59(51(37-47)41-70)75-60-27-15-12-24-53(60)56-39-49(31-35-63(56)75)68(77)79-42-44-17-5-2-6-18-44/h2-40H,42-43H2. The lowest BCUT2D eigenvalue weighted by molar-refractivity contribution is 0.0464. The first-order chi connectivity index (χ1) is 39.4. The van der Waals surface area contributed by atoms with Crippen LogP contribution in [0.1, 0.15) is 37.4 Å². The van der Waals surface area contributed by atoms with Crippen LogP contribution in [0.4, 0.5) is 5.69 Å². The van der Waals surface area contributed by atoms with E-state index in [4.69, 9.17) is 31.0 Å². The summed E-state index contributed by atoms with van der Waals surface area (Å²) in [5, 5.41) is 14.5. The van der Waals surface area contributed by atoms with Gasteiger partial charge in [-0.2, -0.15) is 5.26 Å². The molecular weight excluding hydrogens is 991 g/mol. The van der Waals surface area contributed by atoms with E-state index in [1.165, 1.54) is 0 Å². The summed E-state index contributed by atoms with van der Waals surface area (Å²) in [6.07, 6.45) is 0. The molecule has 378 valence electrons. The van der Waals surface area contributed by atoms with Gasteiger partial charge in [-0.3, -0.25) is 0 Å². The van der Waals surface area contributed by atoms with Gasteiger partial charge >= 0.3 is 11.9 Å². The van der Waals surface area contributed by atoms with E-state index in [1.807, 2.05) is 217 Å². The zero-order chi connectivity index (χ0) is 54.1. The molecule has 11 heteroatoms. The van der Waals surface area contributed by atoms with Crippen molar-refractivity contribution in [3.8, 4) is 62.7 Å². The Labute approximate surface area is 459 Å². The van der Waals surface area contributed by atoms with Crippen LogP contribution in [0.2, 0.25) is 0 Å².